The highest BCUT2D eigenvalue weighted by atomic mass is 16.6. The number of terminal acetylenes is 1. The van der Waals surface area contributed by atoms with Crippen molar-refractivity contribution in [2.45, 2.75) is 25.7 Å². The number of ether oxygens (including phenoxy) is 2. The van der Waals surface area contributed by atoms with Crippen LogP contribution >= 0.6 is 0 Å². The van der Waals surface area contributed by atoms with E-state index >= 15 is 0 Å². The van der Waals surface area contributed by atoms with Gasteiger partial charge in [0.25, 0.3) is 0 Å². The number of hydrogen-bond donors (Lipinski definition) is 1. The Labute approximate surface area is 182 Å². The molecule has 5 nitrogen and oxygen atoms in total. The number of hydrogen-bond acceptors (Lipinski definition) is 4. The van der Waals surface area contributed by atoms with Gasteiger partial charge in [0.2, 0.25) is 0 Å². The van der Waals surface area contributed by atoms with Gasteiger partial charge in [0, 0.05) is 12.0 Å². The van der Waals surface area contributed by atoms with Crippen LogP contribution in [0.3, 0.4) is 0 Å². The fraction of sp³-hybridized carbons (Fsp3) is 0.154. The Morgan fingerprint density at radius 1 is 0.806 bits per heavy atom. The largest absolute Gasteiger partial charge is 0.459 e. The number of benzene rings is 3. The first-order valence-corrected chi connectivity index (χ1v) is 9.87. The van der Waals surface area contributed by atoms with E-state index in [1.165, 1.54) is 0 Å². The Bertz CT molecular complexity index is 1040. The lowest BCUT2D eigenvalue weighted by molar-refractivity contribution is -0.147. The predicted octanol–water partition coefficient (Wildman–Crippen LogP) is 4.25. The van der Waals surface area contributed by atoms with Crippen molar-refractivity contribution in [3.8, 4) is 12.3 Å². The molecule has 0 spiro atoms. The molecule has 0 heterocycles. The third-order valence-electron chi connectivity index (χ3n) is 4.55. The van der Waals surface area contributed by atoms with Crippen LogP contribution in [0.5, 0.6) is 0 Å². The first-order chi connectivity index (χ1) is 15.1. The fourth-order valence-electron chi connectivity index (χ4n) is 2.95. The van der Waals surface area contributed by atoms with E-state index in [1.807, 2.05) is 72.8 Å². The van der Waals surface area contributed by atoms with Gasteiger partial charge in [-0.3, -0.25) is 0 Å². The van der Waals surface area contributed by atoms with E-state index in [-0.39, 0.29) is 19.6 Å². The number of carbonyl (C=O) groups is 2. The van der Waals surface area contributed by atoms with Gasteiger partial charge >= 0.3 is 12.1 Å². The number of nitrogens with one attached hydrogen (secondary N) is 1. The lowest BCUT2D eigenvalue weighted by Gasteiger charge is -2.18. The zero-order valence-corrected chi connectivity index (χ0v) is 17.0. The summed E-state index contributed by atoms with van der Waals surface area (Å²) in [5.74, 6) is 2.02. The second-order valence-electron chi connectivity index (χ2n) is 6.90. The van der Waals surface area contributed by atoms with Crippen molar-refractivity contribution in [2.24, 2.45) is 0 Å². The first-order valence-electron chi connectivity index (χ1n) is 9.87. The summed E-state index contributed by atoms with van der Waals surface area (Å²) in [6.07, 6.45) is 5.00. The zero-order valence-electron chi connectivity index (χ0n) is 17.0. The molecule has 0 saturated carbocycles. The highest BCUT2D eigenvalue weighted by Gasteiger charge is 2.24. The van der Waals surface area contributed by atoms with Crippen LogP contribution in [-0.2, 0) is 33.9 Å². The maximum absolute atomic E-state index is 12.8. The molecule has 1 amide bonds. The van der Waals surface area contributed by atoms with Gasteiger partial charge in [-0.1, -0.05) is 78.7 Å². The molecule has 156 valence electrons. The molecule has 0 aliphatic heterocycles. The molecule has 0 fully saturated rings. The second kappa shape index (κ2) is 11.2. The van der Waals surface area contributed by atoms with E-state index < -0.39 is 18.1 Å². The topological polar surface area (TPSA) is 64.6 Å². The summed E-state index contributed by atoms with van der Waals surface area (Å²) in [5, 5.41) is 2.62. The molecule has 3 aromatic carbocycles. The van der Waals surface area contributed by atoms with Crippen LogP contribution in [0, 0.1) is 12.3 Å². The molecule has 1 atom stereocenters. The maximum Gasteiger partial charge on any atom is 0.408 e. The minimum absolute atomic E-state index is 0.102. The lowest BCUT2D eigenvalue weighted by atomic mass is 10.0. The van der Waals surface area contributed by atoms with Crippen molar-refractivity contribution >= 4 is 12.1 Å². The van der Waals surface area contributed by atoms with Gasteiger partial charge in [-0.2, -0.15) is 0 Å². The molecule has 3 aromatic rings. The molecular formula is C26H23NO4. The van der Waals surface area contributed by atoms with E-state index in [0.29, 0.717) is 5.56 Å². The van der Waals surface area contributed by atoms with Crippen molar-refractivity contribution in [3.63, 3.8) is 0 Å². The van der Waals surface area contributed by atoms with Crippen LogP contribution in [0.15, 0.2) is 84.9 Å². The monoisotopic (exact) mass is 413 g/mol. The Morgan fingerprint density at radius 2 is 1.39 bits per heavy atom. The number of amides is 1. The quantitative estimate of drug-likeness (QED) is 0.443. The minimum Gasteiger partial charge on any atom is -0.459 e. The summed E-state index contributed by atoms with van der Waals surface area (Å²) < 4.78 is 10.7. The third kappa shape index (κ3) is 7.06. The number of rotatable bonds is 8. The highest BCUT2D eigenvalue weighted by molar-refractivity contribution is 5.81. The molecule has 0 aromatic heterocycles. The molecule has 0 bridgehead atoms. The Balaban J connectivity index is 1.65. The van der Waals surface area contributed by atoms with Crippen LogP contribution in [0.4, 0.5) is 4.79 Å². The van der Waals surface area contributed by atoms with Gasteiger partial charge in [-0.15, -0.1) is 6.42 Å². The van der Waals surface area contributed by atoms with Crippen molar-refractivity contribution in [3.05, 3.63) is 107 Å². The van der Waals surface area contributed by atoms with Gasteiger partial charge < -0.3 is 14.8 Å². The fourth-order valence-corrected chi connectivity index (χ4v) is 2.95. The summed E-state index contributed by atoms with van der Waals surface area (Å²) in [6, 6.07) is 25.0. The standard InChI is InChI=1S/C26H23NO4/c1-2-20-14-9-15-23(16-20)17-24(25(28)30-18-21-10-5-3-6-11-21)27-26(29)31-19-22-12-7-4-8-13-22/h1,3-16,24H,17-19H2,(H,27,29)/t24-/m0/s1. The van der Waals surface area contributed by atoms with E-state index in [9.17, 15) is 9.59 Å². The molecule has 5 heteroatoms. The van der Waals surface area contributed by atoms with Crippen LogP contribution in [-0.4, -0.2) is 18.1 Å². The molecule has 31 heavy (non-hydrogen) atoms. The van der Waals surface area contributed by atoms with Gasteiger partial charge in [0.15, 0.2) is 0 Å². The maximum atomic E-state index is 12.8. The Kier molecular flexibility index (Phi) is 7.84. The molecule has 0 radical (unpaired) electrons. The van der Waals surface area contributed by atoms with Gasteiger partial charge in [0.05, 0.1) is 0 Å². The van der Waals surface area contributed by atoms with E-state index in [1.54, 1.807) is 12.1 Å². The van der Waals surface area contributed by atoms with Crippen molar-refractivity contribution in [1.29, 1.82) is 0 Å². The number of carbonyl (C=O) groups excluding carboxylic acids is 2. The predicted molar refractivity (Wildman–Crippen MR) is 118 cm³/mol. The smallest absolute Gasteiger partial charge is 0.408 e. The second-order valence-corrected chi connectivity index (χ2v) is 6.90. The summed E-state index contributed by atoms with van der Waals surface area (Å²) in [6.45, 7) is 0.215. The van der Waals surface area contributed by atoms with Gasteiger partial charge in [-0.05, 0) is 28.8 Å². The summed E-state index contributed by atoms with van der Waals surface area (Å²) in [4.78, 5) is 25.1. The van der Waals surface area contributed by atoms with Crippen molar-refractivity contribution < 1.29 is 19.1 Å². The molecule has 1 N–H and O–H groups in total. The van der Waals surface area contributed by atoms with E-state index in [2.05, 4.69) is 11.2 Å². The average Bonchev–Trinajstić information content (AvgIpc) is 2.82. The summed E-state index contributed by atoms with van der Waals surface area (Å²) in [5.41, 5.74) is 3.21. The number of esters is 1. The SMILES string of the molecule is C#Cc1cccc(C[C@H](NC(=O)OCc2ccccc2)C(=O)OCc2ccccc2)c1. The molecule has 0 aliphatic carbocycles. The molecule has 0 aliphatic rings. The van der Waals surface area contributed by atoms with E-state index in [0.717, 1.165) is 16.7 Å². The molecule has 3 rings (SSSR count). The van der Waals surface area contributed by atoms with Gasteiger partial charge in [0.1, 0.15) is 19.3 Å². The van der Waals surface area contributed by atoms with Crippen LogP contribution in [0.2, 0.25) is 0 Å². The van der Waals surface area contributed by atoms with Crippen LogP contribution in [0.1, 0.15) is 22.3 Å². The number of alkyl carbamates (subject to hydrolysis) is 1. The average molecular weight is 413 g/mol. The van der Waals surface area contributed by atoms with Gasteiger partial charge in [-0.25, -0.2) is 9.59 Å². The molecular weight excluding hydrogens is 390 g/mol. The Hall–Kier alpha value is -4.04. The first kappa shape index (κ1) is 21.7. The highest BCUT2D eigenvalue weighted by Crippen LogP contribution is 2.10. The summed E-state index contributed by atoms with van der Waals surface area (Å²) >= 11 is 0. The van der Waals surface area contributed by atoms with Crippen molar-refractivity contribution in [1.82, 2.24) is 5.32 Å². The van der Waals surface area contributed by atoms with Crippen LogP contribution < -0.4 is 5.32 Å². The Morgan fingerprint density at radius 3 is 2.00 bits per heavy atom. The summed E-state index contributed by atoms with van der Waals surface area (Å²) in [7, 11) is 0. The molecule has 0 unspecified atom stereocenters. The minimum atomic E-state index is -0.917. The van der Waals surface area contributed by atoms with Crippen molar-refractivity contribution in [2.75, 3.05) is 0 Å². The normalized spacial score (nSPS) is 11.1. The van der Waals surface area contributed by atoms with E-state index in [4.69, 9.17) is 15.9 Å². The molecule has 0 saturated heterocycles. The zero-order chi connectivity index (χ0) is 21.9. The third-order valence-corrected chi connectivity index (χ3v) is 4.55. The lowest BCUT2D eigenvalue weighted by Crippen LogP contribution is -2.43. The van der Waals surface area contributed by atoms with Crippen LogP contribution in [0.25, 0.3) is 0 Å².